The van der Waals surface area contributed by atoms with Crippen molar-refractivity contribution in [1.29, 1.82) is 0 Å². The monoisotopic (exact) mass is 229 g/mol. The van der Waals surface area contributed by atoms with Gasteiger partial charge in [-0.1, -0.05) is 6.92 Å². The van der Waals surface area contributed by atoms with Gasteiger partial charge in [-0.2, -0.15) is 0 Å². The van der Waals surface area contributed by atoms with E-state index in [4.69, 9.17) is 0 Å². The Balaban J connectivity index is 4.06. The molecule has 0 radical (unpaired) electrons. The summed E-state index contributed by atoms with van der Waals surface area (Å²) in [5, 5.41) is 3.04. The smallest absolute Gasteiger partial charge is 0.241 e. The van der Waals surface area contributed by atoms with Crippen LogP contribution in [0.1, 0.15) is 20.3 Å². The molecule has 1 N–H and O–H groups in total. The largest absolute Gasteiger partial charge is 0.347 e. The molecule has 0 fully saturated rings. The second-order valence-corrected chi connectivity index (χ2v) is 3.87. The van der Waals surface area contributed by atoms with E-state index in [0.717, 1.165) is 13.0 Å². The summed E-state index contributed by atoms with van der Waals surface area (Å²) in [5.74, 6) is -0.0724. The standard InChI is InChI=1S/C11H23N3O2/c1-5-7-12-8-10(15)14(6-2)9-11(16)13(3)4/h12H,5-9H2,1-4H3. The molecule has 0 bridgehead atoms. The van der Waals surface area contributed by atoms with E-state index >= 15 is 0 Å². The first-order valence-electron chi connectivity index (χ1n) is 5.71. The Morgan fingerprint density at radius 1 is 1.12 bits per heavy atom. The summed E-state index contributed by atoms with van der Waals surface area (Å²) < 4.78 is 0. The number of likely N-dealkylation sites (N-methyl/N-ethyl adjacent to an activating group) is 2. The molecule has 0 atom stereocenters. The number of carbonyl (C=O) groups is 2. The molecule has 0 aliphatic heterocycles. The van der Waals surface area contributed by atoms with E-state index in [0.29, 0.717) is 13.1 Å². The molecule has 0 aliphatic carbocycles. The Hall–Kier alpha value is -1.10. The van der Waals surface area contributed by atoms with Gasteiger partial charge in [-0.05, 0) is 19.9 Å². The van der Waals surface area contributed by atoms with Crippen LogP contribution < -0.4 is 5.32 Å². The number of carbonyl (C=O) groups excluding carboxylic acids is 2. The Morgan fingerprint density at radius 3 is 2.19 bits per heavy atom. The van der Waals surface area contributed by atoms with Crippen LogP contribution >= 0.6 is 0 Å². The fraction of sp³-hybridized carbons (Fsp3) is 0.818. The summed E-state index contributed by atoms with van der Waals surface area (Å²) in [6.45, 7) is 5.78. The Labute approximate surface area is 97.8 Å². The quantitative estimate of drug-likeness (QED) is 0.621. The van der Waals surface area contributed by atoms with Crippen LogP contribution in [0.4, 0.5) is 0 Å². The van der Waals surface area contributed by atoms with Gasteiger partial charge < -0.3 is 15.1 Å². The maximum atomic E-state index is 11.7. The van der Waals surface area contributed by atoms with Gasteiger partial charge in [0.2, 0.25) is 11.8 Å². The molecule has 0 saturated heterocycles. The van der Waals surface area contributed by atoms with Gasteiger partial charge in [-0.15, -0.1) is 0 Å². The molecule has 0 aromatic rings. The molecule has 0 unspecified atom stereocenters. The van der Waals surface area contributed by atoms with Gasteiger partial charge >= 0.3 is 0 Å². The van der Waals surface area contributed by atoms with Crippen molar-refractivity contribution in [3.63, 3.8) is 0 Å². The van der Waals surface area contributed by atoms with Gasteiger partial charge in [0, 0.05) is 20.6 Å². The van der Waals surface area contributed by atoms with Crippen molar-refractivity contribution in [2.75, 3.05) is 40.3 Å². The van der Waals surface area contributed by atoms with Crippen LogP contribution in [0.2, 0.25) is 0 Å². The fourth-order valence-electron chi connectivity index (χ4n) is 1.16. The number of nitrogens with zero attached hydrogens (tertiary/aromatic N) is 2. The van der Waals surface area contributed by atoms with E-state index in [9.17, 15) is 9.59 Å². The summed E-state index contributed by atoms with van der Waals surface area (Å²) >= 11 is 0. The Morgan fingerprint density at radius 2 is 1.75 bits per heavy atom. The molecule has 16 heavy (non-hydrogen) atoms. The maximum absolute atomic E-state index is 11.7. The number of rotatable bonds is 7. The molecular formula is C11H23N3O2. The van der Waals surface area contributed by atoms with Gasteiger partial charge in [0.1, 0.15) is 0 Å². The highest BCUT2D eigenvalue weighted by atomic mass is 16.2. The minimum absolute atomic E-state index is 0.0221. The fourth-order valence-corrected chi connectivity index (χ4v) is 1.16. The van der Waals surface area contributed by atoms with E-state index in [-0.39, 0.29) is 18.4 Å². The third-order valence-corrected chi connectivity index (χ3v) is 2.26. The lowest BCUT2D eigenvalue weighted by Crippen LogP contribution is -2.43. The molecule has 5 nitrogen and oxygen atoms in total. The van der Waals surface area contributed by atoms with E-state index in [1.807, 2.05) is 13.8 Å². The van der Waals surface area contributed by atoms with Crippen LogP contribution in [-0.2, 0) is 9.59 Å². The van der Waals surface area contributed by atoms with Crippen molar-refractivity contribution in [2.24, 2.45) is 0 Å². The van der Waals surface area contributed by atoms with E-state index in [1.54, 1.807) is 19.0 Å². The molecule has 0 heterocycles. The van der Waals surface area contributed by atoms with E-state index in [2.05, 4.69) is 5.32 Å². The summed E-state index contributed by atoms with van der Waals surface area (Å²) in [7, 11) is 3.38. The van der Waals surface area contributed by atoms with Crippen molar-refractivity contribution in [2.45, 2.75) is 20.3 Å². The molecule has 2 amide bonds. The van der Waals surface area contributed by atoms with Crippen LogP contribution in [0.5, 0.6) is 0 Å². The Kier molecular flexibility index (Phi) is 7.54. The molecule has 0 saturated carbocycles. The van der Waals surface area contributed by atoms with E-state index < -0.39 is 0 Å². The summed E-state index contributed by atoms with van der Waals surface area (Å²) in [4.78, 5) is 26.2. The van der Waals surface area contributed by atoms with Crippen molar-refractivity contribution in [3.8, 4) is 0 Å². The highest BCUT2D eigenvalue weighted by molar-refractivity contribution is 5.85. The first-order chi connectivity index (χ1) is 7.52. The number of hydrogen-bond acceptors (Lipinski definition) is 3. The lowest BCUT2D eigenvalue weighted by molar-refractivity contribution is -0.138. The third kappa shape index (κ3) is 5.70. The van der Waals surface area contributed by atoms with Gasteiger partial charge in [0.25, 0.3) is 0 Å². The molecule has 0 aliphatic rings. The molecule has 0 rings (SSSR count). The van der Waals surface area contributed by atoms with Crippen molar-refractivity contribution >= 4 is 11.8 Å². The van der Waals surface area contributed by atoms with Crippen molar-refractivity contribution in [1.82, 2.24) is 15.1 Å². The van der Waals surface area contributed by atoms with Crippen molar-refractivity contribution in [3.05, 3.63) is 0 Å². The molecule has 94 valence electrons. The summed E-state index contributed by atoms with van der Waals surface area (Å²) in [5.41, 5.74) is 0. The van der Waals surface area contributed by atoms with Crippen LogP contribution in [0, 0.1) is 0 Å². The highest BCUT2D eigenvalue weighted by Gasteiger charge is 2.15. The predicted octanol–water partition coefficient (Wildman–Crippen LogP) is -0.0773. The second kappa shape index (κ2) is 8.10. The Bertz CT molecular complexity index is 229. The maximum Gasteiger partial charge on any atom is 0.241 e. The first-order valence-corrected chi connectivity index (χ1v) is 5.71. The SMILES string of the molecule is CCCNCC(=O)N(CC)CC(=O)N(C)C. The predicted molar refractivity (Wildman–Crippen MR) is 64.1 cm³/mol. The second-order valence-electron chi connectivity index (χ2n) is 3.87. The highest BCUT2D eigenvalue weighted by Crippen LogP contribution is 1.91. The average molecular weight is 229 g/mol. The van der Waals surface area contributed by atoms with Crippen LogP contribution in [0.3, 0.4) is 0 Å². The third-order valence-electron chi connectivity index (χ3n) is 2.26. The van der Waals surface area contributed by atoms with Crippen molar-refractivity contribution < 1.29 is 9.59 Å². The average Bonchev–Trinajstić information content (AvgIpc) is 2.25. The molecule has 0 aromatic carbocycles. The molecule has 0 spiro atoms. The van der Waals surface area contributed by atoms with Crippen LogP contribution in [0.15, 0.2) is 0 Å². The minimum atomic E-state index is -0.0503. The van der Waals surface area contributed by atoms with Crippen LogP contribution in [0.25, 0.3) is 0 Å². The lowest BCUT2D eigenvalue weighted by Gasteiger charge is -2.22. The number of amides is 2. The van der Waals surface area contributed by atoms with Gasteiger partial charge in [0.05, 0.1) is 13.1 Å². The molecule has 0 aromatic heterocycles. The van der Waals surface area contributed by atoms with Gasteiger partial charge in [0.15, 0.2) is 0 Å². The zero-order valence-corrected chi connectivity index (χ0v) is 10.7. The minimum Gasteiger partial charge on any atom is -0.347 e. The summed E-state index contributed by atoms with van der Waals surface area (Å²) in [6.07, 6.45) is 0.996. The number of hydrogen-bond donors (Lipinski definition) is 1. The normalized spacial score (nSPS) is 10.0. The number of nitrogens with one attached hydrogen (secondary N) is 1. The lowest BCUT2D eigenvalue weighted by atomic mass is 10.4. The zero-order valence-electron chi connectivity index (χ0n) is 10.7. The van der Waals surface area contributed by atoms with Gasteiger partial charge in [-0.25, -0.2) is 0 Å². The zero-order chi connectivity index (χ0) is 12.6. The van der Waals surface area contributed by atoms with Gasteiger partial charge in [-0.3, -0.25) is 9.59 Å². The molecule has 5 heteroatoms. The topological polar surface area (TPSA) is 52.7 Å². The van der Waals surface area contributed by atoms with E-state index in [1.165, 1.54) is 4.90 Å². The van der Waals surface area contributed by atoms with Crippen LogP contribution in [-0.4, -0.2) is 61.9 Å². The first kappa shape index (κ1) is 14.9. The summed E-state index contributed by atoms with van der Waals surface area (Å²) in [6, 6.07) is 0. The molecular weight excluding hydrogens is 206 g/mol.